The Morgan fingerprint density at radius 2 is 2.00 bits per heavy atom. The van der Waals surface area contributed by atoms with Crippen LogP contribution >= 0.6 is 0 Å². The SMILES string of the molecule is CC1CN(c2ccc([N+](=O)[O-])c(O)c2)CC(C)N1. The number of nitro groups is 1. The predicted octanol–water partition coefficient (Wildman–Crippen LogP) is 1.49. The minimum atomic E-state index is -0.581. The van der Waals surface area contributed by atoms with Crippen LogP contribution in [0.3, 0.4) is 0 Å². The molecule has 1 saturated heterocycles. The van der Waals surface area contributed by atoms with E-state index in [1.54, 1.807) is 6.07 Å². The normalized spacial score (nSPS) is 24.0. The van der Waals surface area contributed by atoms with Crippen molar-refractivity contribution in [1.29, 1.82) is 0 Å². The maximum absolute atomic E-state index is 10.6. The quantitative estimate of drug-likeness (QED) is 0.615. The number of aromatic hydroxyl groups is 1. The molecule has 2 N–H and O–H groups in total. The number of anilines is 1. The molecule has 1 aromatic rings. The fourth-order valence-electron chi connectivity index (χ4n) is 2.40. The van der Waals surface area contributed by atoms with Crippen LogP contribution < -0.4 is 10.2 Å². The Kier molecular flexibility index (Phi) is 3.38. The van der Waals surface area contributed by atoms with E-state index >= 15 is 0 Å². The van der Waals surface area contributed by atoms with Crippen LogP contribution in [-0.2, 0) is 0 Å². The van der Waals surface area contributed by atoms with Crippen molar-refractivity contribution < 1.29 is 10.0 Å². The summed E-state index contributed by atoms with van der Waals surface area (Å²) in [5, 5.41) is 23.7. The molecule has 1 aliphatic rings. The molecule has 1 fully saturated rings. The average molecular weight is 251 g/mol. The van der Waals surface area contributed by atoms with Crippen LogP contribution in [0.1, 0.15) is 13.8 Å². The van der Waals surface area contributed by atoms with Gasteiger partial charge in [0.05, 0.1) is 4.92 Å². The van der Waals surface area contributed by atoms with Gasteiger partial charge in [0.25, 0.3) is 0 Å². The van der Waals surface area contributed by atoms with Crippen LogP contribution in [0.4, 0.5) is 11.4 Å². The summed E-state index contributed by atoms with van der Waals surface area (Å²) >= 11 is 0. The van der Waals surface area contributed by atoms with Gasteiger partial charge in [0.2, 0.25) is 0 Å². The van der Waals surface area contributed by atoms with Crippen molar-refractivity contribution in [2.75, 3.05) is 18.0 Å². The number of nitrogens with zero attached hydrogens (tertiary/aromatic N) is 2. The monoisotopic (exact) mass is 251 g/mol. The van der Waals surface area contributed by atoms with Crippen molar-refractivity contribution in [3.63, 3.8) is 0 Å². The zero-order valence-corrected chi connectivity index (χ0v) is 10.5. The standard InChI is InChI=1S/C12H17N3O3/c1-8-6-14(7-9(2)13-8)10-3-4-11(15(17)18)12(16)5-10/h3-5,8-9,13,16H,6-7H2,1-2H3. The Morgan fingerprint density at radius 1 is 1.39 bits per heavy atom. The minimum Gasteiger partial charge on any atom is -0.502 e. The lowest BCUT2D eigenvalue weighted by Gasteiger charge is -2.37. The summed E-state index contributed by atoms with van der Waals surface area (Å²) in [5.41, 5.74) is 0.563. The molecule has 0 spiro atoms. The molecule has 1 aromatic carbocycles. The molecule has 0 aliphatic carbocycles. The fourth-order valence-corrected chi connectivity index (χ4v) is 2.40. The molecule has 0 saturated carbocycles. The predicted molar refractivity (Wildman–Crippen MR) is 69.0 cm³/mol. The average Bonchev–Trinajstić information content (AvgIpc) is 2.26. The molecule has 18 heavy (non-hydrogen) atoms. The van der Waals surface area contributed by atoms with Crippen LogP contribution in [0.5, 0.6) is 5.75 Å². The summed E-state index contributed by atoms with van der Waals surface area (Å²) < 4.78 is 0. The highest BCUT2D eigenvalue weighted by Gasteiger charge is 2.22. The largest absolute Gasteiger partial charge is 0.502 e. The van der Waals surface area contributed by atoms with Crippen LogP contribution in [0.15, 0.2) is 18.2 Å². The molecule has 1 heterocycles. The first-order valence-corrected chi connectivity index (χ1v) is 5.96. The molecule has 2 unspecified atom stereocenters. The summed E-state index contributed by atoms with van der Waals surface area (Å²) in [5.74, 6) is -0.281. The van der Waals surface area contributed by atoms with Gasteiger partial charge in [-0.1, -0.05) is 0 Å². The van der Waals surface area contributed by atoms with Crippen LogP contribution in [0.25, 0.3) is 0 Å². The summed E-state index contributed by atoms with van der Waals surface area (Å²) in [7, 11) is 0. The van der Waals surface area contributed by atoms with Gasteiger partial charge in [-0.3, -0.25) is 10.1 Å². The third-order valence-corrected chi connectivity index (χ3v) is 3.08. The van der Waals surface area contributed by atoms with Gasteiger partial charge in [0.1, 0.15) is 0 Å². The number of rotatable bonds is 2. The second kappa shape index (κ2) is 4.81. The lowest BCUT2D eigenvalue weighted by molar-refractivity contribution is -0.385. The lowest BCUT2D eigenvalue weighted by atomic mass is 10.1. The third-order valence-electron chi connectivity index (χ3n) is 3.08. The number of piperazine rings is 1. The molecule has 6 nitrogen and oxygen atoms in total. The maximum Gasteiger partial charge on any atom is 0.310 e. The number of hydrogen-bond acceptors (Lipinski definition) is 5. The number of nitro benzene ring substituents is 1. The molecule has 6 heteroatoms. The highest BCUT2D eigenvalue weighted by atomic mass is 16.6. The van der Waals surface area contributed by atoms with E-state index in [4.69, 9.17) is 0 Å². The van der Waals surface area contributed by atoms with Crippen molar-refractivity contribution >= 4 is 11.4 Å². The lowest BCUT2D eigenvalue weighted by Crippen LogP contribution is -2.54. The molecular weight excluding hydrogens is 234 g/mol. The van der Waals surface area contributed by atoms with Crippen molar-refractivity contribution in [2.45, 2.75) is 25.9 Å². The number of hydrogen-bond donors (Lipinski definition) is 2. The highest BCUT2D eigenvalue weighted by molar-refractivity contribution is 5.59. The Labute approximate surface area is 105 Å². The zero-order valence-electron chi connectivity index (χ0n) is 10.5. The van der Waals surface area contributed by atoms with Gasteiger partial charge in [-0.15, -0.1) is 0 Å². The Bertz CT molecular complexity index is 454. The van der Waals surface area contributed by atoms with Crippen molar-refractivity contribution in [1.82, 2.24) is 5.32 Å². The molecule has 0 aromatic heterocycles. The van der Waals surface area contributed by atoms with Gasteiger partial charge in [0, 0.05) is 43.0 Å². The van der Waals surface area contributed by atoms with Gasteiger partial charge in [-0.05, 0) is 19.9 Å². The number of phenols is 1. The van der Waals surface area contributed by atoms with E-state index < -0.39 is 4.92 Å². The first-order valence-electron chi connectivity index (χ1n) is 5.96. The van der Waals surface area contributed by atoms with Crippen LogP contribution in [-0.4, -0.2) is 35.2 Å². The Morgan fingerprint density at radius 3 is 2.50 bits per heavy atom. The Hall–Kier alpha value is -1.82. The fraction of sp³-hybridized carbons (Fsp3) is 0.500. The van der Waals surface area contributed by atoms with Crippen LogP contribution in [0, 0.1) is 10.1 Å². The number of phenolic OH excluding ortho intramolecular Hbond substituents is 1. The molecule has 0 bridgehead atoms. The van der Waals surface area contributed by atoms with Gasteiger partial charge in [-0.25, -0.2) is 0 Å². The number of nitrogens with one attached hydrogen (secondary N) is 1. The second-order valence-electron chi connectivity index (χ2n) is 4.80. The topological polar surface area (TPSA) is 78.6 Å². The first-order chi connectivity index (χ1) is 8.47. The van der Waals surface area contributed by atoms with E-state index in [1.807, 2.05) is 0 Å². The van der Waals surface area contributed by atoms with E-state index in [2.05, 4.69) is 24.1 Å². The minimum absolute atomic E-state index is 0.255. The van der Waals surface area contributed by atoms with Gasteiger partial charge >= 0.3 is 5.69 Å². The molecule has 2 rings (SSSR count). The molecule has 0 amide bonds. The first kappa shape index (κ1) is 12.6. The number of benzene rings is 1. The zero-order chi connectivity index (χ0) is 13.3. The highest BCUT2D eigenvalue weighted by Crippen LogP contribution is 2.30. The molecule has 1 aliphatic heterocycles. The van der Waals surface area contributed by atoms with E-state index in [-0.39, 0.29) is 11.4 Å². The molecule has 2 atom stereocenters. The van der Waals surface area contributed by atoms with Gasteiger partial charge in [0.15, 0.2) is 5.75 Å². The molecular formula is C12H17N3O3. The smallest absolute Gasteiger partial charge is 0.310 e. The molecule has 0 radical (unpaired) electrons. The second-order valence-corrected chi connectivity index (χ2v) is 4.80. The van der Waals surface area contributed by atoms with E-state index in [0.29, 0.717) is 12.1 Å². The summed E-state index contributed by atoms with van der Waals surface area (Å²) in [6, 6.07) is 5.20. The Balaban J connectivity index is 2.23. The van der Waals surface area contributed by atoms with Crippen molar-refractivity contribution in [3.05, 3.63) is 28.3 Å². The summed E-state index contributed by atoms with van der Waals surface area (Å²) in [6.07, 6.45) is 0. The molecule has 98 valence electrons. The van der Waals surface area contributed by atoms with Gasteiger partial charge < -0.3 is 15.3 Å². The maximum atomic E-state index is 10.6. The van der Waals surface area contributed by atoms with Crippen molar-refractivity contribution in [2.24, 2.45) is 0 Å². The van der Waals surface area contributed by atoms with Gasteiger partial charge in [-0.2, -0.15) is 0 Å². The third kappa shape index (κ3) is 2.53. The van der Waals surface area contributed by atoms with E-state index in [9.17, 15) is 15.2 Å². The van der Waals surface area contributed by atoms with E-state index in [0.717, 1.165) is 18.8 Å². The van der Waals surface area contributed by atoms with Crippen molar-refractivity contribution in [3.8, 4) is 5.75 Å². The summed E-state index contributed by atoms with van der Waals surface area (Å²) in [4.78, 5) is 12.2. The van der Waals surface area contributed by atoms with Crippen LogP contribution in [0.2, 0.25) is 0 Å². The van der Waals surface area contributed by atoms with E-state index in [1.165, 1.54) is 12.1 Å². The summed E-state index contributed by atoms with van der Waals surface area (Å²) in [6.45, 7) is 5.82.